The van der Waals surface area contributed by atoms with Crippen LogP contribution in [-0.2, 0) is 6.54 Å². The van der Waals surface area contributed by atoms with Gasteiger partial charge < -0.3 is 10.8 Å². The number of thioether (sulfide) groups is 1. The van der Waals surface area contributed by atoms with Crippen molar-refractivity contribution in [2.45, 2.75) is 23.9 Å². The van der Waals surface area contributed by atoms with Gasteiger partial charge in [-0.3, -0.25) is 9.55 Å². The van der Waals surface area contributed by atoms with E-state index in [0.29, 0.717) is 16.9 Å². The van der Waals surface area contributed by atoms with Crippen LogP contribution in [0.5, 0.6) is 5.88 Å². The van der Waals surface area contributed by atoms with Gasteiger partial charge in [-0.25, -0.2) is 9.36 Å². The number of nitrogen functional groups attached to an aromatic ring is 1. The van der Waals surface area contributed by atoms with Crippen molar-refractivity contribution in [2.24, 2.45) is 0 Å². The molecule has 0 aliphatic carbocycles. The van der Waals surface area contributed by atoms with Crippen LogP contribution in [-0.4, -0.2) is 24.7 Å². The van der Waals surface area contributed by atoms with Crippen molar-refractivity contribution in [1.29, 1.82) is 0 Å². The van der Waals surface area contributed by atoms with Crippen LogP contribution in [0, 0.1) is 6.92 Å². The van der Waals surface area contributed by atoms with E-state index in [-0.39, 0.29) is 34.8 Å². The van der Waals surface area contributed by atoms with Crippen LogP contribution < -0.4 is 11.4 Å². The maximum atomic E-state index is 12.8. The molecule has 3 rings (SSSR count). The summed E-state index contributed by atoms with van der Waals surface area (Å²) >= 11 is -0.250. The van der Waals surface area contributed by atoms with Gasteiger partial charge in [-0.15, -0.1) is 0 Å². The number of nitrogens with zero attached hydrogens (tertiary/aromatic N) is 3. The van der Waals surface area contributed by atoms with Gasteiger partial charge in [0.15, 0.2) is 0 Å². The smallest absolute Gasteiger partial charge is 0.446 e. The lowest BCUT2D eigenvalue weighted by atomic mass is 10.2. The second-order valence-corrected chi connectivity index (χ2v) is 6.87. The molecule has 0 saturated carbocycles. The number of halogens is 3. The highest BCUT2D eigenvalue weighted by Crippen LogP contribution is 2.37. The summed E-state index contributed by atoms with van der Waals surface area (Å²) in [6.45, 7) is 1.69. The van der Waals surface area contributed by atoms with Crippen LogP contribution in [0.2, 0.25) is 0 Å². The Morgan fingerprint density at radius 2 is 1.89 bits per heavy atom. The first kappa shape index (κ1) is 18.9. The van der Waals surface area contributed by atoms with Crippen LogP contribution in [0.4, 0.5) is 18.9 Å². The third-order valence-electron chi connectivity index (χ3n) is 3.97. The third-order valence-corrected chi connectivity index (χ3v) is 4.70. The summed E-state index contributed by atoms with van der Waals surface area (Å²) in [5.41, 5.74) is 2.55. The van der Waals surface area contributed by atoms with Gasteiger partial charge in [0.25, 0.3) is 0 Å². The average molecular weight is 396 g/mol. The number of anilines is 1. The minimum Gasteiger partial charge on any atom is -0.493 e. The molecule has 2 aromatic heterocycles. The average Bonchev–Trinajstić information content (AvgIpc) is 2.80. The maximum absolute atomic E-state index is 12.8. The summed E-state index contributed by atoms with van der Waals surface area (Å²) in [5, 5.41) is 10.4. The fourth-order valence-electron chi connectivity index (χ4n) is 2.60. The predicted molar refractivity (Wildman–Crippen MR) is 96.1 cm³/mol. The quantitative estimate of drug-likeness (QED) is 0.661. The summed E-state index contributed by atoms with van der Waals surface area (Å²) in [4.78, 5) is 16.6. The molecule has 3 N–H and O–H groups in total. The van der Waals surface area contributed by atoms with Gasteiger partial charge in [-0.05, 0) is 54.6 Å². The molecule has 0 fully saturated rings. The monoisotopic (exact) mass is 396 g/mol. The number of alkyl halides is 3. The van der Waals surface area contributed by atoms with Crippen molar-refractivity contribution >= 4 is 17.4 Å². The van der Waals surface area contributed by atoms with Crippen molar-refractivity contribution in [3.63, 3.8) is 0 Å². The van der Waals surface area contributed by atoms with Gasteiger partial charge in [0, 0.05) is 11.1 Å². The second-order valence-electron chi connectivity index (χ2n) is 5.73. The molecular formula is C17H15F3N4O2S. The van der Waals surface area contributed by atoms with Crippen LogP contribution in [0.25, 0.3) is 5.69 Å². The van der Waals surface area contributed by atoms with Crippen LogP contribution in [0.15, 0.2) is 52.4 Å². The van der Waals surface area contributed by atoms with Crippen molar-refractivity contribution < 1.29 is 18.3 Å². The molecule has 0 amide bonds. The summed E-state index contributed by atoms with van der Waals surface area (Å²) in [5.74, 6) is -0.288. The largest absolute Gasteiger partial charge is 0.493 e. The zero-order chi connectivity index (χ0) is 19.8. The number of hydrogen-bond donors (Lipinski definition) is 2. The number of aromatic nitrogens is 3. The SMILES string of the molecule is Cc1c(O)n(-c2ccc(SC(F)(F)F)cc2)c(=O)n1Cc1ccncc1N. The normalized spacial score (nSPS) is 11.7. The molecule has 0 spiro atoms. The molecule has 0 saturated heterocycles. The first-order valence-corrected chi connectivity index (χ1v) is 8.54. The summed E-state index contributed by atoms with van der Waals surface area (Å²) in [6, 6.07) is 6.85. The van der Waals surface area contributed by atoms with Gasteiger partial charge in [-0.1, -0.05) is 0 Å². The number of benzene rings is 1. The van der Waals surface area contributed by atoms with E-state index in [4.69, 9.17) is 5.73 Å². The zero-order valence-corrected chi connectivity index (χ0v) is 14.9. The molecule has 27 heavy (non-hydrogen) atoms. The number of aromatic hydroxyl groups is 1. The lowest BCUT2D eigenvalue weighted by molar-refractivity contribution is -0.0328. The molecule has 2 heterocycles. The van der Waals surface area contributed by atoms with Crippen molar-refractivity contribution in [1.82, 2.24) is 14.1 Å². The Hall–Kier alpha value is -2.88. The van der Waals surface area contributed by atoms with Gasteiger partial charge in [-0.2, -0.15) is 13.2 Å². The Balaban J connectivity index is 1.98. The van der Waals surface area contributed by atoms with E-state index in [1.165, 1.54) is 35.0 Å². The molecule has 3 aromatic rings. The number of nitrogens with two attached hydrogens (primary N) is 1. The van der Waals surface area contributed by atoms with E-state index >= 15 is 0 Å². The number of hydrogen-bond acceptors (Lipinski definition) is 5. The van der Waals surface area contributed by atoms with E-state index in [1.807, 2.05) is 0 Å². The van der Waals surface area contributed by atoms with Crippen LogP contribution >= 0.6 is 11.8 Å². The Kier molecular flexibility index (Phi) is 4.92. The van der Waals surface area contributed by atoms with E-state index in [0.717, 1.165) is 4.57 Å². The van der Waals surface area contributed by atoms with E-state index in [2.05, 4.69) is 4.98 Å². The van der Waals surface area contributed by atoms with E-state index < -0.39 is 11.2 Å². The van der Waals surface area contributed by atoms with Crippen LogP contribution in [0.1, 0.15) is 11.3 Å². The van der Waals surface area contributed by atoms with Gasteiger partial charge >= 0.3 is 11.2 Å². The third kappa shape index (κ3) is 3.95. The Morgan fingerprint density at radius 1 is 1.22 bits per heavy atom. The van der Waals surface area contributed by atoms with E-state index in [9.17, 15) is 23.1 Å². The van der Waals surface area contributed by atoms with Gasteiger partial charge in [0.1, 0.15) is 0 Å². The van der Waals surface area contributed by atoms with Crippen molar-refractivity contribution in [3.8, 4) is 11.6 Å². The fourth-order valence-corrected chi connectivity index (χ4v) is 3.14. The Labute approximate surface area is 156 Å². The minimum absolute atomic E-state index is 0.0143. The van der Waals surface area contributed by atoms with Crippen molar-refractivity contribution in [2.75, 3.05) is 5.73 Å². The molecule has 6 nitrogen and oxygen atoms in total. The second kappa shape index (κ2) is 7.03. The number of rotatable bonds is 4. The van der Waals surface area contributed by atoms with Gasteiger partial charge in [0.05, 0.1) is 29.8 Å². The summed E-state index contributed by atoms with van der Waals surface area (Å²) < 4.78 is 39.7. The lowest BCUT2D eigenvalue weighted by Gasteiger charge is -2.07. The maximum Gasteiger partial charge on any atom is 0.446 e. The summed E-state index contributed by atoms with van der Waals surface area (Å²) in [7, 11) is 0. The molecule has 0 aliphatic rings. The standard InChI is InChI=1S/C17H15F3N4O2S/c1-10-15(25)24(12-2-4-13(5-3-12)27-17(18,19)20)16(26)23(10)9-11-6-7-22-8-14(11)21/h2-8,25H,9,21H2,1H3. The highest BCUT2D eigenvalue weighted by atomic mass is 32.2. The lowest BCUT2D eigenvalue weighted by Crippen LogP contribution is -2.24. The Bertz CT molecular complexity index is 1030. The molecule has 0 unspecified atom stereocenters. The molecule has 0 aliphatic heterocycles. The molecule has 0 bridgehead atoms. The van der Waals surface area contributed by atoms with Gasteiger partial charge in [0.2, 0.25) is 5.88 Å². The fraction of sp³-hybridized carbons (Fsp3) is 0.176. The number of imidazole rings is 1. The van der Waals surface area contributed by atoms with Crippen LogP contribution in [0.3, 0.4) is 0 Å². The minimum atomic E-state index is -4.40. The highest BCUT2D eigenvalue weighted by Gasteiger charge is 2.29. The van der Waals surface area contributed by atoms with E-state index in [1.54, 1.807) is 19.2 Å². The number of pyridine rings is 1. The first-order valence-electron chi connectivity index (χ1n) is 7.73. The first-order chi connectivity index (χ1) is 12.7. The zero-order valence-electron chi connectivity index (χ0n) is 14.1. The molecule has 0 atom stereocenters. The molecule has 0 radical (unpaired) electrons. The molecule has 142 valence electrons. The molecular weight excluding hydrogens is 381 g/mol. The topological polar surface area (TPSA) is 86.1 Å². The van der Waals surface area contributed by atoms with Crippen molar-refractivity contribution in [3.05, 3.63) is 64.5 Å². The highest BCUT2D eigenvalue weighted by molar-refractivity contribution is 8.00. The Morgan fingerprint density at radius 3 is 2.48 bits per heavy atom. The summed E-state index contributed by atoms with van der Waals surface area (Å²) in [6.07, 6.45) is 3.00. The molecule has 1 aromatic carbocycles. The predicted octanol–water partition coefficient (Wildman–Crippen LogP) is 3.29. The molecule has 10 heteroatoms.